The number of nitrogens with one attached hydrogen (secondary N) is 1. The van der Waals surface area contributed by atoms with Crippen molar-refractivity contribution in [1.82, 2.24) is 0 Å². The third kappa shape index (κ3) is 5.44. The van der Waals surface area contributed by atoms with Crippen molar-refractivity contribution in [2.75, 3.05) is 11.9 Å². The van der Waals surface area contributed by atoms with Crippen molar-refractivity contribution in [2.45, 2.75) is 19.8 Å². The molecule has 0 aliphatic heterocycles. The van der Waals surface area contributed by atoms with Crippen molar-refractivity contribution in [3.63, 3.8) is 0 Å². The van der Waals surface area contributed by atoms with Crippen LogP contribution in [-0.2, 0) is 9.53 Å². The van der Waals surface area contributed by atoms with Crippen molar-refractivity contribution >= 4 is 39.7 Å². The van der Waals surface area contributed by atoms with Crippen molar-refractivity contribution < 1.29 is 24.0 Å². The van der Waals surface area contributed by atoms with Crippen molar-refractivity contribution in [2.24, 2.45) is 0 Å². The number of esters is 1. The quantitative estimate of drug-likeness (QED) is 0.209. The third-order valence-corrected chi connectivity index (χ3v) is 5.46. The molecule has 0 saturated carbocycles. The van der Waals surface area contributed by atoms with Crippen LogP contribution >= 0.6 is 11.3 Å². The van der Waals surface area contributed by atoms with E-state index in [2.05, 4.69) is 5.32 Å². The number of hydrogen-bond acceptors (Lipinski definition) is 7. The molecular formula is C23H20N2O6S. The Kier molecular flexibility index (Phi) is 7.45. The van der Waals surface area contributed by atoms with E-state index < -0.39 is 16.8 Å². The molecule has 32 heavy (non-hydrogen) atoms. The highest BCUT2D eigenvalue weighted by Gasteiger charge is 2.24. The number of Topliss-reactive ketones (excluding diaryl/α,β-unsaturated/α-hetero) is 1. The molecule has 3 rings (SSSR count). The monoisotopic (exact) mass is 452 g/mol. The van der Waals surface area contributed by atoms with E-state index in [0.717, 1.165) is 11.3 Å². The van der Waals surface area contributed by atoms with E-state index in [1.807, 2.05) is 0 Å². The highest BCUT2D eigenvalue weighted by atomic mass is 32.1. The number of carbonyl (C=O) groups excluding carboxylic acids is 3. The van der Waals surface area contributed by atoms with Gasteiger partial charge in [-0.2, -0.15) is 0 Å². The first-order valence-electron chi connectivity index (χ1n) is 9.82. The second-order valence-corrected chi connectivity index (χ2v) is 7.60. The molecule has 0 atom stereocenters. The molecule has 0 fully saturated rings. The summed E-state index contributed by atoms with van der Waals surface area (Å²) >= 11 is 1.11. The number of amides is 1. The normalized spacial score (nSPS) is 10.4. The first kappa shape index (κ1) is 22.8. The molecule has 9 heteroatoms. The number of non-ortho nitro benzene ring substituents is 1. The Morgan fingerprint density at radius 1 is 1.06 bits per heavy atom. The number of carbonyl (C=O) groups is 3. The van der Waals surface area contributed by atoms with Gasteiger partial charge in [-0.1, -0.05) is 42.5 Å². The molecule has 0 aliphatic carbocycles. The number of nitro groups is 1. The zero-order valence-corrected chi connectivity index (χ0v) is 18.0. The molecule has 1 N–H and O–H groups in total. The molecule has 0 aliphatic rings. The fourth-order valence-electron chi connectivity index (χ4n) is 3.04. The van der Waals surface area contributed by atoms with Gasteiger partial charge < -0.3 is 10.1 Å². The van der Waals surface area contributed by atoms with Crippen molar-refractivity contribution in [3.8, 4) is 11.1 Å². The highest BCUT2D eigenvalue weighted by Crippen LogP contribution is 2.37. The van der Waals surface area contributed by atoms with Gasteiger partial charge in [-0.05, 0) is 12.5 Å². The summed E-state index contributed by atoms with van der Waals surface area (Å²) in [6, 6.07) is 14.5. The summed E-state index contributed by atoms with van der Waals surface area (Å²) in [7, 11) is 0. The smallest absolute Gasteiger partial charge is 0.341 e. The first-order valence-corrected chi connectivity index (χ1v) is 10.7. The van der Waals surface area contributed by atoms with Crippen LogP contribution in [-0.4, -0.2) is 29.2 Å². The number of ether oxygens (including phenoxy) is 1. The Morgan fingerprint density at radius 2 is 1.81 bits per heavy atom. The number of ketones is 1. The molecule has 3 aromatic rings. The van der Waals surface area contributed by atoms with Crippen LogP contribution in [0.2, 0.25) is 0 Å². The van der Waals surface area contributed by atoms with E-state index >= 15 is 0 Å². The van der Waals surface area contributed by atoms with Gasteiger partial charge in [0.05, 0.1) is 11.5 Å². The molecule has 0 radical (unpaired) electrons. The second-order valence-electron chi connectivity index (χ2n) is 6.72. The third-order valence-electron chi connectivity index (χ3n) is 4.57. The SMILES string of the molecule is CCOC(=O)c1c(-c2cccc([N+](=O)[O-])c2)csc1NC(=O)CCC(=O)c1ccccc1. The van der Waals surface area contributed by atoms with E-state index in [1.54, 1.807) is 48.7 Å². The molecule has 1 aromatic heterocycles. The Hall–Kier alpha value is -3.85. The summed E-state index contributed by atoms with van der Waals surface area (Å²) in [5.41, 5.74) is 1.41. The van der Waals surface area contributed by atoms with E-state index in [4.69, 9.17) is 4.74 Å². The lowest BCUT2D eigenvalue weighted by Crippen LogP contribution is -2.15. The predicted octanol–water partition coefficient (Wildman–Crippen LogP) is 5.10. The minimum absolute atomic E-state index is 0.0215. The maximum Gasteiger partial charge on any atom is 0.341 e. The summed E-state index contributed by atoms with van der Waals surface area (Å²) in [6.45, 7) is 1.78. The number of rotatable bonds is 9. The average molecular weight is 452 g/mol. The van der Waals surface area contributed by atoms with Gasteiger partial charge in [0.2, 0.25) is 5.91 Å². The number of benzene rings is 2. The maximum atomic E-state index is 12.6. The number of hydrogen-bond donors (Lipinski definition) is 1. The maximum absolute atomic E-state index is 12.6. The molecule has 8 nitrogen and oxygen atoms in total. The molecular weight excluding hydrogens is 432 g/mol. The van der Waals surface area contributed by atoms with Gasteiger partial charge in [0.25, 0.3) is 5.69 Å². The molecule has 0 unspecified atom stereocenters. The van der Waals surface area contributed by atoms with Gasteiger partial charge in [-0.3, -0.25) is 19.7 Å². The zero-order chi connectivity index (χ0) is 23.1. The van der Waals surface area contributed by atoms with E-state index in [1.165, 1.54) is 18.2 Å². The summed E-state index contributed by atoms with van der Waals surface area (Å²) < 4.78 is 5.13. The van der Waals surface area contributed by atoms with Crippen LogP contribution in [0.25, 0.3) is 11.1 Å². The van der Waals surface area contributed by atoms with Gasteiger partial charge >= 0.3 is 5.97 Å². The fraction of sp³-hybridized carbons (Fsp3) is 0.174. The lowest BCUT2D eigenvalue weighted by Gasteiger charge is -2.09. The molecule has 164 valence electrons. The highest BCUT2D eigenvalue weighted by molar-refractivity contribution is 7.15. The standard InChI is InChI=1S/C23H20N2O6S/c1-2-31-23(28)21-18(16-9-6-10-17(13-16)25(29)30)14-32-22(21)24-20(27)12-11-19(26)15-7-4-3-5-8-15/h3-10,13-14H,2,11-12H2,1H3,(H,24,27). The predicted molar refractivity (Wildman–Crippen MR) is 121 cm³/mol. The van der Waals surface area contributed by atoms with Gasteiger partial charge in [-0.25, -0.2) is 4.79 Å². The summed E-state index contributed by atoms with van der Waals surface area (Å²) in [5.74, 6) is -1.23. The van der Waals surface area contributed by atoms with Gasteiger partial charge in [0, 0.05) is 41.5 Å². The van der Waals surface area contributed by atoms with Crippen LogP contribution in [0.1, 0.15) is 40.5 Å². The molecule has 0 saturated heterocycles. The van der Waals surface area contributed by atoms with Crippen LogP contribution in [0, 0.1) is 10.1 Å². The molecule has 1 amide bonds. The number of nitrogens with zero attached hydrogens (tertiary/aromatic N) is 1. The Labute approximate surface area is 188 Å². The van der Waals surface area contributed by atoms with Gasteiger partial charge in [-0.15, -0.1) is 11.3 Å². The Balaban J connectivity index is 1.81. The molecule has 2 aromatic carbocycles. The zero-order valence-electron chi connectivity index (χ0n) is 17.2. The number of nitro benzene ring substituents is 1. The lowest BCUT2D eigenvalue weighted by atomic mass is 10.0. The molecule has 0 spiro atoms. The van der Waals surface area contributed by atoms with Crippen LogP contribution in [0.4, 0.5) is 10.7 Å². The van der Waals surface area contributed by atoms with E-state index in [9.17, 15) is 24.5 Å². The average Bonchev–Trinajstić information content (AvgIpc) is 3.21. The second kappa shape index (κ2) is 10.5. The van der Waals surface area contributed by atoms with Crippen LogP contribution < -0.4 is 5.32 Å². The molecule has 0 bridgehead atoms. The van der Waals surface area contributed by atoms with Crippen molar-refractivity contribution in [3.05, 3.63) is 81.2 Å². The summed E-state index contributed by atoms with van der Waals surface area (Å²) in [4.78, 5) is 47.9. The van der Waals surface area contributed by atoms with Crippen LogP contribution in [0.3, 0.4) is 0 Å². The number of thiophene rings is 1. The minimum Gasteiger partial charge on any atom is -0.462 e. The first-order chi connectivity index (χ1) is 15.4. The summed E-state index contributed by atoms with van der Waals surface area (Å²) in [5, 5.41) is 15.7. The Bertz CT molecular complexity index is 1160. The van der Waals surface area contributed by atoms with Crippen molar-refractivity contribution in [1.29, 1.82) is 0 Å². The van der Waals surface area contributed by atoms with Gasteiger partial charge in [0.1, 0.15) is 10.6 Å². The topological polar surface area (TPSA) is 116 Å². The minimum atomic E-state index is -0.647. The lowest BCUT2D eigenvalue weighted by molar-refractivity contribution is -0.384. The fourth-order valence-corrected chi connectivity index (χ4v) is 4.01. The van der Waals surface area contributed by atoms with Crippen LogP contribution in [0.5, 0.6) is 0 Å². The Morgan fingerprint density at radius 3 is 2.50 bits per heavy atom. The van der Waals surface area contributed by atoms with Crippen LogP contribution in [0.15, 0.2) is 60.0 Å². The largest absolute Gasteiger partial charge is 0.462 e. The summed E-state index contributed by atoms with van der Waals surface area (Å²) in [6.07, 6.45) is -0.0340. The van der Waals surface area contributed by atoms with E-state index in [0.29, 0.717) is 16.7 Å². The van der Waals surface area contributed by atoms with Gasteiger partial charge in [0.15, 0.2) is 5.78 Å². The molecule has 1 heterocycles. The number of anilines is 1. The van der Waals surface area contributed by atoms with E-state index in [-0.39, 0.29) is 41.5 Å².